The van der Waals surface area contributed by atoms with Crippen LogP contribution in [-0.2, 0) is 12.4 Å². The first-order valence-corrected chi connectivity index (χ1v) is 10.2. The van der Waals surface area contributed by atoms with Crippen LogP contribution in [0.4, 0.5) is 0 Å². The smallest absolute Gasteiger partial charge is 0.156 e. The number of rotatable bonds is 16. The largest absolute Gasteiger partial charge is 0.263 e. The Morgan fingerprint density at radius 3 is 1.82 bits per heavy atom. The molecular formula is C20H40NS+. The lowest BCUT2D eigenvalue weighted by Crippen LogP contribution is -2.20. The number of hydrogen-bond donors (Lipinski definition) is 0. The fraction of sp³-hybridized carbons (Fsp3) is 0.900. The zero-order valence-electron chi connectivity index (χ0n) is 15.5. The molecule has 1 unspecified atom stereocenters. The zero-order valence-corrected chi connectivity index (χ0v) is 16.3. The molecule has 0 saturated carbocycles. The first kappa shape index (κ1) is 21.8. The molecule has 0 amide bonds. The van der Waals surface area contributed by atoms with Crippen molar-refractivity contribution in [2.45, 2.75) is 110 Å². The first-order chi connectivity index (χ1) is 10.7. The Hall–Kier alpha value is -0.240. The van der Waals surface area contributed by atoms with Crippen LogP contribution in [0.2, 0.25) is 0 Å². The molecule has 0 aliphatic carbocycles. The first-order valence-electron chi connectivity index (χ1n) is 9.81. The average molecular weight is 327 g/mol. The lowest BCUT2D eigenvalue weighted by atomic mass is 10.1. The van der Waals surface area contributed by atoms with E-state index in [1.54, 1.807) is 0 Å². The summed E-state index contributed by atoms with van der Waals surface area (Å²) < 4.78 is 2.03. The molecule has 22 heavy (non-hydrogen) atoms. The Morgan fingerprint density at radius 1 is 0.773 bits per heavy atom. The number of unbranched alkanes of at least 4 members (excludes halogenated alkanes) is 10. The molecule has 1 nitrogen and oxygen atoms in total. The van der Waals surface area contributed by atoms with E-state index in [9.17, 15) is 0 Å². The molecule has 1 atom stereocenters. The highest BCUT2D eigenvalue weighted by atomic mass is 32.1. The summed E-state index contributed by atoms with van der Waals surface area (Å²) in [5.41, 5.74) is 0. The van der Waals surface area contributed by atoms with E-state index >= 15 is 0 Å². The molecule has 0 aromatic heterocycles. The lowest BCUT2D eigenvalue weighted by molar-refractivity contribution is -0.532. The van der Waals surface area contributed by atoms with Gasteiger partial charge >= 0.3 is 0 Å². The minimum absolute atomic E-state index is 0.567. The molecule has 130 valence electrons. The summed E-state index contributed by atoms with van der Waals surface area (Å²) in [4.78, 5) is 0. The predicted octanol–water partition coefficient (Wildman–Crippen LogP) is 6.79. The maximum absolute atomic E-state index is 5.29. The maximum atomic E-state index is 5.29. The summed E-state index contributed by atoms with van der Waals surface area (Å²) in [6.07, 6.45) is 22.5. The fourth-order valence-corrected chi connectivity index (χ4v) is 2.89. The Balaban J connectivity index is 3.22. The van der Waals surface area contributed by atoms with Gasteiger partial charge in [-0.2, -0.15) is 3.95 Å². The van der Waals surface area contributed by atoms with Gasteiger partial charge in [0.15, 0.2) is 12.6 Å². The topological polar surface area (TPSA) is 3.01 Å². The second kappa shape index (κ2) is 17.1. The van der Waals surface area contributed by atoms with Gasteiger partial charge in [-0.1, -0.05) is 64.0 Å². The van der Waals surface area contributed by atoms with Gasteiger partial charge in [-0.3, -0.25) is 0 Å². The summed E-state index contributed by atoms with van der Waals surface area (Å²) >= 11 is 5.29. The van der Waals surface area contributed by atoms with Crippen LogP contribution < -0.4 is 0 Å². The van der Waals surface area contributed by atoms with Gasteiger partial charge in [-0.15, -0.1) is 0 Å². The van der Waals surface area contributed by atoms with E-state index in [0.717, 1.165) is 6.54 Å². The van der Waals surface area contributed by atoms with Gasteiger partial charge in [0.2, 0.25) is 0 Å². The molecule has 0 aromatic carbocycles. The van der Waals surface area contributed by atoms with Crippen molar-refractivity contribution in [2.24, 2.45) is 0 Å². The Morgan fingerprint density at radius 2 is 1.27 bits per heavy atom. The number of allylic oxidation sites excluding steroid dienone is 2. The van der Waals surface area contributed by atoms with Gasteiger partial charge in [-0.25, -0.2) is 0 Å². The number of hydrogen-bond acceptors (Lipinski definition) is 1. The summed E-state index contributed by atoms with van der Waals surface area (Å²) in [7, 11) is 0. The normalized spacial score (nSPS) is 12.9. The molecule has 0 spiro atoms. The molecule has 0 saturated heterocycles. The van der Waals surface area contributed by atoms with Crippen molar-refractivity contribution in [3.63, 3.8) is 0 Å². The molecule has 0 aliphatic heterocycles. The molecule has 0 rings (SSSR count). The lowest BCUT2D eigenvalue weighted by Gasteiger charge is -2.06. The van der Waals surface area contributed by atoms with E-state index in [0.29, 0.717) is 6.04 Å². The zero-order chi connectivity index (χ0) is 16.5. The van der Waals surface area contributed by atoms with Crippen molar-refractivity contribution >= 4 is 12.4 Å². The third-order valence-electron chi connectivity index (χ3n) is 4.44. The van der Waals surface area contributed by atoms with Crippen molar-refractivity contribution in [3.05, 3.63) is 12.2 Å². The van der Waals surface area contributed by atoms with Gasteiger partial charge in [0, 0.05) is 6.42 Å². The van der Waals surface area contributed by atoms with Crippen LogP contribution in [0, 0.1) is 0 Å². The summed E-state index contributed by atoms with van der Waals surface area (Å²) in [6.45, 7) is 7.66. The molecule has 0 fully saturated rings. The van der Waals surface area contributed by atoms with Gasteiger partial charge < -0.3 is 0 Å². The van der Waals surface area contributed by atoms with E-state index in [1.165, 1.54) is 83.5 Å². The Bertz CT molecular complexity index is 273. The van der Waals surface area contributed by atoms with E-state index in [2.05, 4.69) is 32.9 Å². The quantitative estimate of drug-likeness (QED) is 0.171. The third kappa shape index (κ3) is 14.7. The van der Waals surface area contributed by atoms with Crippen molar-refractivity contribution in [1.82, 2.24) is 0 Å². The fourth-order valence-electron chi connectivity index (χ4n) is 2.79. The van der Waals surface area contributed by atoms with Gasteiger partial charge in [0.1, 0.15) is 0 Å². The minimum atomic E-state index is 0.567. The minimum Gasteiger partial charge on any atom is -0.156 e. The van der Waals surface area contributed by atoms with Crippen molar-refractivity contribution in [1.29, 1.82) is 0 Å². The highest BCUT2D eigenvalue weighted by Crippen LogP contribution is 2.10. The maximum Gasteiger partial charge on any atom is 0.263 e. The highest BCUT2D eigenvalue weighted by Gasteiger charge is 2.11. The van der Waals surface area contributed by atoms with Crippen LogP contribution in [0.5, 0.6) is 0 Å². The second-order valence-corrected chi connectivity index (χ2v) is 7.07. The van der Waals surface area contributed by atoms with Crippen LogP contribution >= 0.6 is 0 Å². The molecule has 0 aliphatic rings. The molecule has 0 bridgehead atoms. The summed E-state index contributed by atoms with van der Waals surface area (Å²) in [6, 6.07) is 0.567. The molecule has 0 radical (unpaired) electrons. The summed E-state index contributed by atoms with van der Waals surface area (Å²) in [5, 5.41) is 0. The highest BCUT2D eigenvalue weighted by molar-refractivity contribution is 7.44. The molecule has 2 heteroatoms. The van der Waals surface area contributed by atoms with Crippen molar-refractivity contribution in [2.75, 3.05) is 6.54 Å². The van der Waals surface area contributed by atoms with Crippen LogP contribution in [0.25, 0.3) is 0 Å². The van der Waals surface area contributed by atoms with E-state index in [-0.39, 0.29) is 0 Å². The average Bonchev–Trinajstić information content (AvgIpc) is 2.54. The van der Waals surface area contributed by atoms with Crippen LogP contribution in [0.3, 0.4) is 0 Å². The monoisotopic (exact) mass is 326 g/mol. The van der Waals surface area contributed by atoms with E-state index in [4.69, 9.17) is 12.4 Å². The van der Waals surface area contributed by atoms with E-state index < -0.39 is 0 Å². The SMILES string of the molecule is CCCCCCCCC=CCCCCCCC(C)[N+](=S)CC. The van der Waals surface area contributed by atoms with Crippen LogP contribution in [0.15, 0.2) is 12.2 Å². The van der Waals surface area contributed by atoms with Crippen LogP contribution in [-0.4, -0.2) is 16.5 Å². The van der Waals surface area contributed by atoms with Gasteiger partial charge in [0.25, 0.3) is 12.4 Å². The molecule has 0 N–H and O–H groups in total. The molecular weight excluding hydrogens is 286 g/mol. The summed E-state index contributed by atoms with van der Waals surface area (Å²) in [5.74, 6) is 0. The Kier molecular flexibility index (Phi) is 16.9. The van der Waals surface area contributed by atoms with Crippen molar-refractivity contribution in [3.8, 4) is 0 Å². The van der Waals surface area contributed by atoms with Gasteiger partial charge in [-0.05, 0) is 46.0 Å². The molecule has 0 aromatic rings. The van der Waals surface area contributed by atoms with E-state index in [1.807, 2.05) is 3.95 Å². The number of nitrogens with zero attached hydrogens (tertiary/aromatic N) is 1. The molecule has 0 heterocycles. The Labute approximate surface area is 145 Å². The third-order valence-corrected chi connectivity index (χ3v) is 5.06. The van der Waals surface area contributed by atoms with Crippen LogP contribution in [0.1, 0.15) is 104 Å². The predicted molar refractivity (Wildman–Crippen MR) is 102 cm³/mol. The standard InChI is InChI=1S/C20H40NS/c1-4-6-7-8-9-10-11-12-13-14-15-16-17-18-19-20(3)21(22)5-2/h12-13,20H,4-11,14-19H2,1-3H3/q+1. The van der Waals surface area contributed by atoms with Crippen molar-refractivity contribution < 1.29 is 3.95 Å². The second-order valence-electron chi connectivity index (χ2n) is 6.60. The van der Waals surface area contributed by atoms with Gasteiger partial charge in [0.05, 0.1) is 0 Å².